The van der Waals surface area contributed by atoms with E-state index in [0.29, 0.717) is 18.3 Å². The van der Waals surface area contributed by atoms with E-state index in [2.05, 4.69) is 71.9 Å². The Kier molecular flexibility index (Phi) is 9.12. The molecule has 6 nitrogen and oxygen atoms in total. The Morgan fingerprint density at radius 2 is 1.94 bits per heavy atom. The average Bonchev–Trinajstić information content (AvgIpc) is 2.82. The molecule has 1 heterocycles. The highest BCUT2D eigenvalue weighted by atomic mass is 16.5. The predicted molar refractivity (Wildman–Crippen MR) is 137 cm³/mol. The number of benzene rings is 2. The molecule has 174 valence electrons. The van der Waals surface area contributed by atoms with Crippen molar-refractivity contribution < 1.29 is 9.47 Å². The number of aryl methyl sites for hydroxylation is 2. The van der Waals surface area contributed by atoms with Crippen LogP contribution in [0.5, 0.6) is 11.6 Å². The summed E-state index contributed by atoms with van der Waals surface area (Å²) in [4.78, 5) is 4.57. The molecule has 1 aromatic heterocycles. The van der Waals surface area contributed by atoms with E-state index >= 15 is 0 Å². The molecule has 3 aromatic rings. The molecule has 0 bridgehead atoms. The minimum atomic E-state index is 0.519. The van der Waals surface area contributed by atoms with Crippen LogP contribution in [-0.2, 0) is 12.8 Å². The third-order valence-corrected chi connectivity index (χ3v) is 5.19. The molecule has 0 amide bonds. The van der Waals surface area contributed by atoms with Crippen LogP contribution in [0.2, 0.25) is 0 Å². The first kappa shape index (κ1) is 24.1. The average molecular weight is 447 g/mol. The lowest BCUT2D eigenvalue weighted by Gasteiger charge is -2.12. The fourth-order valence-electron chi connectivity index (χ4n) is 3.44. The van der Waals surface area contributed by atoms with Crippen LogP contribution in [0.3, 0.4) is 0 Å². The zero-order chi connectivity index (χ0) is 23.5. The molecule has 3 rings (SSSR count). The van der Waals surface area contributed by atoms with Crippen LogP contribution in [0.1, 0.15) is 42.5 Å². The topological polar surface area (TPSA) is 67.8 Å². The first-order valence-electron chi connectivity index (χ1n) is 11.5. The molecule has 33 heavy (non-hydrogen) atoms. The molecule has 0 fully saturated rings. The lowest BCUT2D eigenvalue weighted by atomic mass is 10.1. The van der Waals surface area contributed by atoms with Gasteiger partial charge in [0, 0.05) is 30.8 Å². The van der Waals surface area contributed by atoms with Gasteiger partial charge in [-0.05, 0) is 42.5 Å². The summed E-state index contributed by atoms with van der Waals surface area (Å²) in [5.74, 6) is 2.11. The van der Waals surface area contributed by atoms with Crippen LogP contribution in [0.15, 0.2) is 59.7 Å². The van der Waals surface area contributed by atoms with Gasteiger partial charge in [0.15, 0.2) is 5.82 Å². The van der Waals surface area contributed by atoms with Gasteiger partial charge in [0.05, 0.1) is 19.9 Å². The van der Waals surface area contributed by atoms with Crippen molar-refractivity contribution >= 4 is 17.7 Å². The fourth-order valence-corrected chi connectivity index (χ4v) is 3.44. The third kappa shape index (κ3) is 7.52. The summed E-state index contributed by atoms with van der Waals surface area (Å²) in [5, 5.41) is 7.74. The lowest BCUT2D eigenvalue weighted by Crippen LogP contribution is -2.06. The molecule has 0 unspecified atom stereocenters. The number of rotatable bonds is 12. The summed E-state index contributed by atoms with van der Waals surface area (Å²) < 4.78 is 11.5. The van der Waals surface area contributed by atoms with E-state index in [4.69, 9.17) is 9.47 Å². The van der Waals surface area contributed by atoms with Crippen molar-refractivity contribution in [3.63, 3.8) is 0 Å². The summed E-state index contributed by atoms with van der Waals surface area (Å²) >= 11 is 0. The van der Waals surface area contributed by atoms with Gasteiger partial charge < -0.3 is 14.8 Å². The summed E-state index contributed by atoms with van der Waals surface area (Å²) in [7, 11) is 1.71. The highest BCUT2D eigenvalue weighted by molar-refractivity contribution is 5.80. The maximum Gasteiger partial charge on any atom is 0.217 e. The van der Waals surface area contributed by atoms with Gasteiger partial charge in [0.1, 0.15) is 5.75 Å². The first-order valence-corrected chi connectivity index (χ1v) is 11.5. The van der Waals surface area contributed by atoms with Crippen molar-refractivity contribution in [2.75, 3.05) is 31.0 Å². The molecule has 2 aromatic carbocycles. The maximum absolute atomic E-state index is 6.00. The van der Waals surface area contributed by atoms with Gasteiger partial charge in [-0.3, -0.25) is 5.43 Å². The largest absolute Gasteiger partial charge is 0.496 e. The van der Waals surface area contributed by atoms with Gasteiger partial charge >= 0.3 is 0 Å². The molecule has 0 aliphatic carbocycles. The summed E-state index contributed by atoms with van der Waals surface area (Å²) in [6, 6.07) is 18.4. The van der Waals surface area contributed by atoms with Crippen molar-refractivity contribution in [3.05, 3.63) is 76.9 Å². The van der Waals surface area contributed by atoms with Crippen molar-refractivity contribution in [1.82, 2.24) is 4.98 Å². The van der Waals surface area contributed by atoms with Crippen LogP contribution in [-0.4, -0.2) is 31.5 Å². The molecule has 0 atom stereocenters. The normalized spacial score (nSPS) is 10.9. The Bertz CT molecular complexity index is 1070. The van der Waals surface area contributed by atoms with Crippen molar-refractivity contribution in [2.45, 2.75) is 40.0 Å². The molecule has 0 saturated carbocycles. The van der Waals surface area contributed by atoms with Gasteiger partial charge in [-0.15, -0.1) is 0 Å². The Hall–Kier alpha value is -3.54. The Morgan fingerprint density at radius 3 is 2.70 bits per heavy atom. The minimum Gasteiger partial charge on any atom is -0.496 e. The summed E-state index contributed by atoms with van der Waals surface area (Å²) in [6.45, 7) is 7.72. The van der Waals surface area contributed by atoms with Gasteiger partial charge in [-0.2, -0.15) is 10.1 Å². The van der Waals surface area contributed by atoms with Crippen LogP contribution >= 0.6 is 0 Å². The molecule has 0 saturated heterocycles. The summed E-state index contributed by atoms with van der Waals surface area (Å²) in [6.07, 6.45) is 4.53. The highest BCUT2D eigenvalue weighted by Gasteiger charge is 2.06. The minimum absolute atomic E-state index is 0.519. The Labute approximate surface area is 197 Å². The number of hydrogen-bond donors (Lipinski definition) is 2. The Balaban J connectivity index is 1.66. The quantitative estimate of drug-likeness (QED) is 0.270. The zero-order valence-electron chi connectivity index (χ0n) is 20.0. The molecular formula is C27H34N4O2. The molecular weight excluding hydrogens is 412 g/mol. The van der Waals surface area contributed by atoms with Crippen molar-refractivity contribution in [1.29, 1.82) is 0 Å². The van der Waals surface area contributed by atoms with E-state index in [1.54, 1.807) is 13.3 Å². The molecule has 0 aliphatic rings. The lowest BCUT2D eigenvalue weighted by molar-refractivity contribution is 0.310. The monoisotopic (exact) mass is 446 g/mol. The van der Waals surface area contributed by atoms with E-state index < -0.39 is 0 Å². The molecule has 0 radical (unpaired) electrons. The van der Waals surface area contributed by atoms with Crippen LogP contribution in [0, 0.1) is 6.92 Å². The second-order valence-electron chi connectivity index (χ2n) is 7.89. The first-order chi connectivity index (χ1) is 16.1. The van der Waals surface area contributed by atoms with Gasteiger partial charge in [-0.1, -0.05) is 55.8 Å². The number of anilines is 2. The number of pyridine rings is 1. The van der Waals surface area contributed by atoms with E-state index in [1.165, 1.54) is 16.7 Å². The Morgan fingerprint density at radius 1 is 1.06 bits per heavy atom. The summed E-state index contributed by atoms with van der Waals surface area (Å²) in [5.41, 5.74) is 8.58. The standard InChI is InChI=1S/C27H34N4O2/c1-5-13-28-24-17-26(31-29-19-22-9-7-8-20(3)15-22)30-27(18-24)33-14-12-21-10-11-23(6-2)25(16-21)32-4/h7-11,15-19H,5-6,12-14H2,1-4H3,(H2,28,30,31)/b29-19+. The van der Waals surface area contributed by atoms with E-state index in [-0.39, 0.29) is 0 Å². The number of nitrogens with zero attached hydrogens (tertiary/aromatic N) is 2. The van der Waals surface area contributed by atoms with E-state index in [9.17, 15) is 0 Å². The number of aromatic nitrogens is 1. The maximum atomic E-state index is 6.00. The predicted octanol–water partition coefficient (Wildman–Crippen LogP) is 5.85. The van der Waals surface area contributed by atoms with Gasteiger partial charge in [0.25, 0.3) is 0 Å². The second-order valence-corrected chi connectivity index (χ2v) is 7.89. The SMILES string of the molecule is CCCNc1cc(N/N=C/c2cccc(C)c2)nc(OCCc2ccc(CC)c(OC)c2)c1. The van der Waals surface area contributed by atoms with Crippen molar-refractivity contribution in [3.8, 4) is 11.6 Å². The smallest absolute Gasteiger partial charge is 0.217 e. The number of hydrazone groups is 1. The van der Waals surface area contributed by atoms with Crippen LogP contribution < -0.4 is 20.2 Å². The second kappa shape index (κ2) is 12.5. The third-order valence-electron chi connectivity index (χ3n) is 5.19. The number of ether oxygens (including phenoxy) is 2. The van der Waals surface area contributed by atoms with Gasteiger partial charge in [0.2, 0.25) is 5.88 Å². The fraction of sp³-hybridized carbons (Fsp3) is 0.333. The van der Waals surface area contributed by atoms with Crippen LogP contribution in [0.4, 0.5) is 11.5 Å². The zero-order valence-corrected chi connectivity index (χ0v) is 20.0. The number of nitrogens with one attached hydrogen (secondary N) is 2. The highest BCUT2D eigenvalue weighted by Crippen LogP contribution is 2.23. The molecule has 0 spiro atoms. The number of hydrogen-bond acceptors (Lipinski definition) is 6. The molecule has 0 aliphatic heterocycles. The number of methoxy groups -OCH3 is 1. The molecule has 2 N–H and O–H groups in total. The van der Waals surface area contributed by atoms with Crippen molar-refractivity contribution in [2.24, 2.45) is 5.10 Å². The van der Waals surface area contributed by atoms with Gasteiger partial charge in [-0.25, -0.2) is 0 Å². The molecule has 6 heteroatoms. The van der Waals surface area contributed by atoms with E-state index in [0.717, 1.165) is 42.8 Å². The van der Waals surface area contributed by atoms with E-state index in [1.807, 2.05) is 24.3 Å². The van der Waals surface area contributed by atoms with Crippen LogP contribution in [0.25, 0.3) is 0 Å².